The zero-order chi connectivity index (χ0) is 18.1. The third-order valence-electron chi connectivity index (χ3n) is 5.58. The molecule has 1 atom stereocenters. The highest BCUT2D eigenvalue weighted by Gasteiger charge is 2.22. The number of hydrogen-bond donors (Lipinski definition) is 0. The summed E-state index contributed by atoms with van der Waals surface area (Å²) < 4.78 is 6.01. The second-order valence-electron chi connectivity index (χ2n) is 7.29. The summed E-state index contributed by atoms with van der Waals surface area (Å²) in [6, 6.07) is 8.81. The molecule has 0 unspecified atom stereocenters. The molecule has 0 bridgehead atoms. The lowest BCUT2D eigenvalue weighted by Crippen LogP contribution is -2.31. The number of carbonyl (C=O) groups is 1. The number of anilines is 1. The van der Waals surface area contributed by atoms with Crippen molar-refractivity contribution in [3.63, 3.8) is 0 Å². The smallest absolute Gasteiger partial charge is 0.227 e. The van der Waals surface area contributed by atoms with Gasteiger partial charge in [-0.3, -0.25) is 9.78 Å². The molecule has 5 nitrogen and oxygen atoms in total. The molecular weight excluding hydrogens is 326 g/mol. The normalized spacial score (nSPS) is 20.3. The average molecular weight is 351 g/mol. The highest BCUT2D eigenvalue weighted by atomic mass is 16.5. The van der Waals surface area contributed by atoms with Crippen molar-refractivity contribution in [2.45, 2.75) is 31.7 Å². The van der Waals surface area contributed by atoms with E-state index >= 15 is 0 Å². The van der Waals surface area contributed by atoms with Crippen LogP contribution >= 0.6 is 0 Å². The molecule has 2 aliphatic rings. The SMILES string of the molecule is CN1C(=O)CCc2cc(-c3cncc(OC[C@@H]4CCCN4C)c3)ccc21. The molecule has 1 aromatic heterocycles. The predicted octanol–water partition coefficient (Wildman–Crippen LogP) is 3.13. The van der Waals surface area contributed by atoms with Crippen LogP contribution in [0.4, 0.5) is 5.69 Å². The maximum atomic E-state index is 11.9. The summed E-state index contributed by atoms with van der Waals surface area (Å²) >= 11 is 0. The van der Waals surface area contributed by atoms with Gasteiger partial charge in [0, 0.05) is 37.0 Å². The average Bonchev–Trinajstić information content (AvgIpc) is 3.08. The lowest BCUT2D eigenvalue weighted by molar-refractivity contribution is -0.118. The first-order valence-corrected chi connectivity index (χ1v) is 9.30. The molecule has 26 heavy (non-hydrogen) atoms. The van der Waals surface area contributed by atoms with Crippen LogP contribution in [0.1, 0.15) is 24.8 Å². The molecule has 2 aromatic rings. The number of amides is 1. The van der Waals surface area contributed by atoms with E-state index in [4.69, 9.17) is 4.74 Å². The number of hydrogen-bond acceptors (Lipinski definition) is 4. The predicted molar refractivity (Wildman–Crippen MR) is 103 cm³/mol. The van der Waals surface area contributed by atoms with E-state index in [1.807, 2.05) is 19.3 Å². The van der Waals surface area contributed by atoms with Crippen LogP contribution in [-0.4, -0.2) is 49.1 Å². The van der Waals surface area contributed by atoms with Gasteiger partial charge in [0.1, 0.15) is 12.4 Å². The molecule has 2 aliphatic heterocycles. The van der Waals surface area contributed by atoms with E-state index in [9.17, 15) is 4.79 Å². The quantitative estimate of drug-likeness (QED) is 0.849. The Bertz CT molecular complexity index is 821. The Kier molecular flexibility index (Phi) is 4.64. The van der Waals surface area contributed by atoms with Crippen LogP contribution < -0.4 is 9.64 Å². The number of carbonyl (C=O) groups excluding carboxylic acids is 1. The summed E-state index contributed by atoms with van der Waals surface area (Å²) in [4.78, 5) is 20.3. The summed E-state index contributed by atoms with van der Waals surface area (Å²) in [5.74, 6) is 0.993. The third kappa shape index (κ3) is 3.31. The van der Waals surface area contributed by atoms with Crippen molar-refractivity contribution in [2.24, 2.45) is 0 Å². The van der Waals surface area contributed by atoms with Gasteiger partial charge in [0.25, 0.3) is 0 Å². The molecule has 0 radical (unpaired) electrons. The van der Waals surface area contributed by atoms with Gasteiger partial charge in [-0.25, -0.2) is 0 Å². The Balaban J connectivity index is 1.52. The summed E-state index contributed by atoms with van der Waals surface area (Å²) in [5, 5.41) is 0. The molecule has 1 saturated heterocycles. The van der Waals surface area contributed by atoms with Gasteiger partial charge < -0.3 is 14.5 Å². The van der Waals surface area contributed by atoms with Gasteiger partial charge in [0.2, 0.25) is 5.91 Å². The maximum Gasteiger partial charge on any atom is 0.227 e. The number of pyridine rings is 1. The first-order chi connectivity index (χ1) is 12.6. The van der Waals surface area contributed by atoms with Crippen molar-refractivity contribution in [3.8, 4) is 16.9 Å². The van der Waals surface area contributed by atoms with E-state index in [-0.39, 0.29) is 5.91 Å². The number of benzene rings is 1. The van der Waals surface area contributed by atoms with Gasteiger partial charge in [-0.2, -0.15) is 0 Å². The summed E-state index contributed by atoms with van der Waals surface area (Å²) in [6.07, 6.45) is 7.46. The monoisotopic (exact) mass is 351 g/mol. The fourth-order valence-electron chi connectivity index (χ4n) is 3.87. The highest BCUT2D eigenvalue weighted by Crippen LogP contribution is 2.32. The fourth-order valence-corrected chi connectivity index (χ4v) is 3.87. The van der Waals surface area contributed by atoms with E-state index in [1.165, 1.54) is 18.4 Å². The van der Waals surface area contributed by atoms with Crippen molar-refractivity contribution in [1.82, 2.24) is 9.88 Å². The molecule has 0 aliphatic carbocycles. The zero-order valence-corrected chi connectivity index (χ0v) is 15.4. The molecule has 3 heterocycles. The van der Waals surface area contributed by atoms with Crippen molar-refractivity contribution < 1.29 is 9.53 Å². The molecule has 136 valence electrons. The molecule has 4 rings (SSSR count). The Morgan fingerprint density at radius 3 is 2.85 bits per heavy atom. The molecule has 0 N–H and O–H groups in total. The first-order valence-electron chi connectivity index (χ1n) is 9.30. The number of likely N-dealkylation sites (tertiary alicyclic amines) is 1. The van der Waals surface area contributed by atoms with E-state index in [0.717, 1.165) is 35.5 Å². The van der Waals surface area contributed by atoms with Crippen LogP contribution in [0, 0.1) is 0 Å². The first kappa shape index (κ1) is 17.0. The van der Waals surface area contributed by atoms with Crippen LogP contribution in [0.5, 0.6) is 5.75 Å². The van der Waals surface area contributed by atoms with Gasteiger partial charge in [0.15, 0.2) is 0 Å². The van der Waals surface area contributed by atoms with Crippen LogP contribution in [0.25, 0.3) is 11.1 Å². The van der Waals surface area contributed by atoms with E-state index in [1.54, 1.807) is 11.1 Å². The molecular formula is C21H25N3O2. The zero-order valence-electron chi connectivity index (χ0n) is 15.4. The maximum absolute atomic E-state index is 11.9. The topological polar surface area (TPSA) is 45.7 Å². The van der Waals surface area contributed by atoms with Crippen molar-refractivity contribution in [1.29, 1.82) is 0 Å². The van der Waals surface area contributed by atoms with Gasteiger partial charge in [0.05, 0.1) is 6.20 Å². The lowest BCUT2D eigenvalue weighted by atomic mass is 9.97. The van der Waals surface area contributed by atoms with E-state index < -0.39 is 0 Å². The highest BCUT2D eigenvalue weighted by molar-refractivity contribution is 5.96. The van der Waals surface area contributed by atoms with Crippen LogP contribution in [0.3, 0.4) is 0 Å². The van der Waals surface area contributed by atoms with E-state index in [2.05, 4.69) is 35.1 Å². The largest absolute Gasteiger partial charge is 0.490 e. The fraction of sp³-hybridized carbons (Fsp3) is 0.429. The molecule has 1 amide bonds. The number of aryl methyl sites for hydroxylation is 1. The molecule has 0 saturated carbocycles. The minimum Gasteiger partial charge on any atom is -0.490 e. The van der Waals surface area contributed by atoms with Gasteiger partial charge in [-0.1, -0.05) is 6.07 Å². The van der Waals surface area contributed by atoms with Crippen molar-refractivity contribution in [2.75, 3.05) is 32.1 Å². The second-order valence-corrected chi connectivity index (χ2v) is 7.29. The summed E-state index contributed by atoms with van der Waals surface area (Å²) in [6.45, 7) is 1.86. The Hall–Kier alpha value is -2.40. The Morgan fingerprint density at radius 1 is 1.15 bits per heavy atom. The number of likely N-dealkylation sites (N-methyl/N-ethyl adjacent to an activating group) is 1. The number of aromatic nitrogens is 1. The van der Waals surface area contributed by atoms with Crippen LogP contribution in [0.15, 0.2) is 36.7 Å². The van der Waals surface area contributed by atoms with E-state index in [0.29, 0.717) is 19.1 Å². The second kappa shape index (κ2) is 7.08. The summed E-state index contributed by atoms with van der Waals surface area (Å²) in [7, 11) is 4.00. The Labute approximate surface area is 154 Å². The minimum absolute atomic E-state index is 0.180. The van der Waals surface area contributed by atoms with Gasteiger partial charge in [-0.15, -0.1) is 0 Å². The standard InChI is InChI=1S/C21H25N3O2/c1-23-9-3-4-18(23)14-26-19-11-17(12-22-13-19)15-5-7-20-16(10-15)6-8-21(25)24(20)2/h5,7,10-13,18H,3-4,6,8-9,14H2,1-2H3/t18-/m0/s1. The third-order valence-corrected chi connectivity index (χ3v) is 5.58. The molecule has 1 aromatic carbocycles. The molecule has 1 fully saturated rings. The number of nitrogens with zero attached hydrogens (tertiary/aromatic N) is 3. The number of fused-ring (bicyclic) bond motifs is 1. The number of ether oxygens (including phenoxy) is 1. The van der Waals surface area contributed by atoms with Gasteiger partial charge >= 0.3 is 0 Å². The summed E-state index contributed by atoms with van der Waals surface area (Å²) in [5.41, 5.74) is 4.38. The van der Waals surface area contributed by atoms with Gasteiger partial charge in [-0.05, 0) is 62.2 Å². The Morgan fingerprint density at radius 2 is 2.04 bits per heavy atom. The number of rotatable bonds is 4. The van der Waals surface area contributed by atoms with Crippen molar-refractivity contribution in [3.05, 3.63) is 42.2 Å². The van der Waals surface area contributed by atoms with Crippen LogP contribution in [0.2, 0.25) is 0 Å². The molecule has 5 heteroatoms. The lowest BCUT2D eigenvalue weighted by Gasteiger charge is -2.26. The van der Waals surface area contributed by atoms with Crippen LogP contribution in [-0.2, 0) is 11.2 Å². The minimum atomic E-state index is 0.180. The molecule has 0 spiro atoms. The van der Waals surface area contributed by atoms with Crippen molar-refractivity contribution >= 4 is 11.6 Å².